The van der Waals surface area contributed by atoms with Crippen LogP contribution in [0.5, 0.6) is 0 Å². The van der Waals surface area contributed by atoms with Crippen LogP contribution in [0.25, 0.3) is 0 Å². The number of ether oxygens (including phenoxy) is 3. The molecule has 3 aliphatic rings. The van der Waals surface area contributed by atoms with Crippen LogP contribution in [0.4, 0.5) is 0 Å². The van der Waals surface area contributed by atoms with Gasteiger partial charge >= 0.3 is 0 Å². The van der Waals surface area contributed by atoms with E-state index in [9.17, 15) is 4.79 Å². The van der Waals surface area contributed by atoms with Crippen LogP contribution in [-0.2, 0) is 19.0 Å². The second kappa shape index (κ2) is 7.28. The van der Waals surface area contributed by atoms with Crippen LogP contribution in [0.3, 0.4) is 0 Å². The molecule has 3 fully saturated rings. The lowest BCUT2D eigenvalue weighted by molar-refractivity contribution is -0.368. The van der Waals surface area contributed by atoms with Gasteiger partial charge in [0.1, 0.15) is 5.78 Å². The monoisotopic (exact) mass is 352 g/mol. The lowest BCUT2D eigenvalue weighted by atomic mass is 9.74. The van der Waals surface area contributed by atoms with Gasteiger partial charge in [-0.3, -0.25) is 4.79 Å². The summed E-state index contributed by atoms with van der Waals surface area (Å²) in [6, 6.07) is 0. The molecule has 0 amide bonds. The van der Waals surface area contributed by atoms with Crippen LogP contribution in [-0.4, -0.2) is 36.0 Å². The summed E-state index contributed by atoms with van der Waals surface area (Å²) in [6.45, 7) is 12.9. The molecule has 144 valence electrons. The molecule has 3 rings (SSSR count). The van der Waals surface area contributed by atoms with Gasteiger partial charge in [-0.15, -0.1) is 0 Å². The van der Waals surface area contributed by atoms with Gasteiger partial charge in [-0.2, -0.15) is 0 Å². The highest BCUT2D eigenvalue weighted by atomic mass is 16.7. The molecular formula is C21H36O4. The first kappa shape index (κ1) is 19.3. The Bertz CT molecular complexity index is 492. The Morgan fingerprint density at radius 1 is 1.00 bits per heavy atom. The third-order valence-electron chi connectivity index (χ3n) is 6.87. The molecule has 25 heavy (non-hydrogen) atoms. The molecular weight excluding hydrogens is 316 g/mol. The molecule has 0 saturated carbocycles. The maximum atomic E-state index is 11.7. The topological polar surface area (TPSA) is 44.8 Å². The highest BCUT2D eigenvalue weighted by molar-refractivity contribution is 5.76. The van der Waals surface area contributed by atoms with Gasteiger partial charge in [0.15, 0.2) is 5.79 Å². The van der Waals surface area contributed by atoms with Gasteiger partial charge in [-0.25, -0.2) is 0 Å². The third kappa shape index (κ3) is 3.81. The van der Waals surface area contributed by atoms with E-state index in [4.69, 9.17) is 14.2 Å². The van der Waals surface area contributed by atoms with E-state index in [1.165, 1.54) is 0 Å². The average molecular weight is 353 g/mol. The standard InChI is InChI=1S/C21H36O4/c1-7-17-12(2)8-19-20(23-17)14(4)11-21(25-19)10-13(3)16(6)18(24-21)9-15(5)22/h12-14,16-20H,7-11H2,1-6H3/t12-,13+,14+,16+,17?,18+,19+,20+,21-/m1/s1. The van der Waals surface area contributed by atoms with Crippen molar-refractivity contribution in [2.75, 3.05) is 0 Å². The first-order chi connectivity index (χ1) is 11.7. The van der Waals surface area contributed by atoms with E-state index in [0.29, 0.717) is 36.2 Å². The van der Waals surface area contributed by atoms with Crippen LogP contribution in [0.1, 0.15) is 73.6 Å². The number of hydrogen-bond acceptors (Lipinski definition) is 4. The fourth-order valence-electron chi connectivity index (χ4n) is 5.31. The summed E-state index contributed by atoms with van der Waals surface area (Å²) in [5.74, 6) is 1.47. The zero-order valence-corrected chi connectivity index (χ0v) is 16.8. The van der Waals surface area contributed by atoms with E-state index >= 15 is 0 Å². The van der Waals surface area contributed by atoms with Gasteiger partial charge in [0.25, 0.3) is 0 Å². The number of ketones is 1. The van der Waals surface area contributed by atoms with Crippen LogP contribution >= 0.6 is 0 Å². The van der Waals surface area contributed by atoms with E-state index in [0.717, 1.165) is 25.7 Å². The van der Waals surface area contributed by atoms with Gasteiger partial charge in [-0.05, 0) is 43.4 Å². The molecule has 3 heterocycles. The van der Waals surface area contributed by atoms with E-state index in [2.05, 4.69) is 34.6 Å². The van der Waals surface area contributed by atoms with Gasteiger partial charge in [0, 0.05) is 19.3 Å². The van der Waals surface area contributed by atoms with Crippen molar-refractivity contribution in [3.63, 3.8) is 0 Å². The summed E-state index contributed by atoms with van der Waals surface area (Å²) in [5, 5.41) is 0. The van der Waals surface area contributed by atoms with E-state index < -0.39 is 5.79 Å². The van der Waals surface area contributed by atoms with Gasteiger partial charge in [0.2, 0.25) is 0 Å². The zero-order chi connectivity index (χ0) is 18.4. The van der Waals surface area contributed by atoms with Gasteiger partial charge in [0.05, 0.1) is 24.4 Å². The molecule has 3 saturated heterocycles. The molecule has 4 nitrogen and oxygen atoms in total. The molecule has 1 unspecified atom stereocenters. The number of carbonyl (C=O) groups excluding carboxylic acids is 1. The lowest BCUT2D eigenvalue weighted by Crippen LogP contribution is -2.61. The maximum Gasteiger partial charge on any atom is 0.169 e. The summed E-state index contributed by atoms with van der Waals surface area (Å²) < 4.78 is 19.5. The molecule has 1 spiro atoms. The van der Waals surface area contributed by atoms with Crippen molar-refractivity contribution in [1.29, 1.82) is 0 Å². The first-order valence-corrected chi connectivity index (χ1v) is 10.2. The predicted octanol–water partition coefficient (Wildman–Crippen LogP) is 4.35. The Labute approximate surface area is 153 Å². The third-order valence-corrected chi connectivity index (χ3v) is 6.87. The second-order valence-corrected chi connectivity index (χ2v) is 9.11. The average Bonchev–Trinajstić information content (AvgIpc) is 2.51. The van der Waals surface area contributed by atoms with Crippen LogP contribution in [0, 0.1) is 23.7 Å². The van der Waals surface area contributed by atoms with E-state index in [1.807, 2.05) is 0 Å². The predicted molar refractivity (Wildman–Crippen MR) is 97.2 cm³/mol. The van der Waals surface area contributed by atoms with Crippen molar-refractivity contribution in [1.82, 2.24) is 0 Å². The van der Waals surface area contributed by atoms with Crippen molar-refractivity contribution in [2.24, 2.45) is 23.7 Å². The highest BCUT2D eigenvalue weighted by Crippen LogP contribution is 2.49. The molecule has 0 aliphatic carbocycles. The number of carbonyl (C=O) groups is 1. The Hall–Kier alpha value is -0.450. The number of fused-ring (bicyclic) bond motifs is 1. The lowest BCUT2D eigenvalue weighted by Gasteiger charge is -2.56. The minimum atomic E-state index is -0.533. The quantitative estimate of drug-likeness (QED) is 0.757. The summed E-state index contributed by atoms with van der Waals surface area (Å²) in [4.78, 5) is 11.7. The zero-order valence-electron chi connectivity index (χ0n) is 16.8. The largest absolute Gasteiger partial charge is 0.372 e. The van der Waals surface area contributed by atoms with Crippen molar-refractivity contribution < 1.29 is 19.0 Å². The van der Waals surface area contributed by atoms with E-state index in [1.54, 1.807) is 6.92 Å². The Morgan fingerprint density at radius 2 is 1.68 bits per heavy atom. The van der Waals surface area contributed by atoms with Crippen LogP contribution in [0.15, 0.2) is 0 Å². The number of Topliss-reactive ketones (excluding diaryl/α,β-unsaturated/α-hetero) is 1. The molecule has 0 N–H and O–H groups in total. The summed E-state index contributed by atoms with van der Waals surface area (Å²) in [6.07, 6.45) is 4.98. The van der Waals surface area contributed by atoms with Gasteiger partial charge in [-0.1, -0.05) is 34.6 Å². The summed E-state index contributed by atoms with van der Waals surface area (Å²) in [7, 11) is 0. The Morgan fingerprint density at radius 3 is 2.32 bits per heavy atom. The van der Waals surface area contributed by atoms with Crippen LogP contribution in [0.2, 0.25) is 0 Å². The fraction of sp³-hybridized carbons (Fsp3) is 0.952. The van der Waals surface area contributed by atoms with Crippen molar-refractivity contribution in [3.8, 4) is 0 Å². The van der Waals surface area contributed by atoms with E-state index in [-0.39, 0.29) is 24.1 Å². The van der Waals surface area contributed by atoms with Crippen LogP contribution < -0.4 is 0 Å². The second-order valence-electron chi connectivity index (χ2n) is 9.11. The van der Waals surface area contributed by atoms with Crippen molar-refractivity contribution >= 4 is 5.78 Å². The van der Waals surface area contributed by atoms with Crippen molar-refractivity contribution in [2.45, 2.75) is 104 Å². The molecule has 0 radical (unpaired) electrons. The molecule has 0 bridgehead atoms. The number of rotatable bonds is 3. The maximum absolute atomic E-state index is 11.7. The molecule has 0 aromatic rings. The summed E-state index contributed by atoms with van der Waals surface area (Å²) >= 11 is 0. The molecule has 9 atom stereocenters. The Kier molecular flexibility index (Phi) is 5.63. The normalized spacial score (nSPS) is 50.5. The Balaban J connectivity index is 1.77. The highest BCUT2D eigenvalue weighted by Gasteiger charge is 2.54. The SMILES string of the molecule is CCC1O[C@@H]2[C@H](C[C@H]1C)O[C@]1(C[C@H](C)[C@H](C)[C@H](CC(C)=O)O1)C[C@@H]2C. The fourth-order valence-corrected chi connectivity index (χ4v) is 5.31. The summed E-state index contributed by atoms with van der Waals surface area (Å²) in [5.41, 5.74) is 0. The molecule has 3 aliphatic heterocycles. The van der Waals surface area contributed by atoms with Crippen molar-refractivity contribution in [3.05, 3.63) is 0 Å². The number of hydrogen-bond donors (Lipinski definition) is 0. The smallest absolute Gasteiger partial charge is 0.169 e. The minimum absolute atomic E-state index is 0.0321. The molecule has 4 heteroatoms. The first-order valence-electron chi connectivity index (χ1n) is 10.2. The minimum Gasteiger partial charge on any atom is -0.372 e. The van der Waals surface area contributed by atoms with Gasteiger partial charge < -0.3 is 14.2 Å². The molecule has 0 aromatic carbocycles. The molecule has 0 aromatic heterocycles.